The number of aromatic nitrogens is 5. The minimum atomic E-state index is -0.859. The first-order chi connectivity index (χ1) is 13.6. The Morgan fingerprint density at radius 3 is 2.89 bits per heavy atom. The molecule has 2 fully saturated rings. The van der Waals surface area contributed by atoms with Crippen molar-refractivity contribution < 1.29 is 9.50 Å². The highest BCUT2D eigenvalue weighted by molar-refractivity contribution is 5.58. The first-order valence-corrected chi connectivity index (χ1v) is 9.38. The fraction of sp³-hybridized carbons (Fsp3) is 0.444. The molecule has 1 aliphatic carbocycles. The summed E-state index contributed by atoms with van der Waals surface area (Å²) in [6.07, 6.45) is 5.21. The predicted molar refractivity (Wildman–Crippen MR) is 99.7 cm³/mol. The quantitative estimate of drug-likeness (QED) is 0.578. The molecule has 1 aliphatic heterocycles. The SMILES string of the molecule is O=c1[nH]c(O)c(C=c2cnn3c(=NCC4CC4)cc(N4CC[C@@H](F)C4)nc23)[nH]1. The van der Waals surface area contributed by atoms with Gasteiger partial charge in [0, 0.05) is 24.4 Å². The number of alkyl halides is 1. The van der Waals surface area contributed by atoms with E-state index in [2.05, 4.69) is 20.1 Å². The van der Waals surface area contributed by atoms with Crippen LogP contribution in [-0.2, 0) is 0 Å². The average molecular weight is 385 g/mol. The average Bonchev–Trinajstić information content (AvgIpc) is 3.11. The van der Waals surface area contributed by atoms with Crippen LogP contribution in [0.25, 0.3) is 11.7 Å². The molecule has 1 saturated heterocycles. The normalized spacial score (nSPS) is 21.3. The zero-order chi connectivity index (χ0) is 19.3. The van der Waals surface area contributed by atoms with Crippen LogP contribution in [0.2, 0.25) is 0 Å². The van der Waals surface area contributed by atoms with Crippen LogP contribution >= 0.6 is 0 Å². The fourth-order valence-corrected chi connectivity index (χ4v) is 3.42. The van der Waals surface area contributed by atoms with E-state index in [4.69, 9.17) is 4.99 Å². The second-order valence-corrected chi connectivity index (χ2v) is 7.41. The number of nitrogens with zero attached hydrogens (tertiary/aromatic N) is 5. The summed E-state index contributed by atoms with van der Waals surface area (Å²) < 4.78 is 15.3. The molecule has 1 saturated carbocycles. The van der Waals surface area contributed by atoms with Crippen molar-refractivity contribution in [3.05, 3.63) is 39.1 Å². The van der Waals surface area contributed by atoms with Gasteiger partial charge < -0.3 is 15.0 Å². The number of nitrogens with one attached hydrogen (secondary N) is 2. The molecule has 4 heterocycles. The number of hydrogen-bond donors (Lipinski definition) is 3. The molecular formula is C18H20FN7O2. The molecule has 5 rings (SSSR count). The maximum Gasteiger partial charge on any atom is 0.326 e. The first-order valence-electron chi connectivity index (χ1n) is 9.38. The van der Waals surface area contributed by atoms with Gasteiger partial charge in [-0.2, -0.15) is 9.61 Å². The van der Waals surface area contributed by atoms with E-state index in [1.165, 1.54) is 12.8 Å². The van der Waals surface area contributed by atoms with Crippen molar-refractivity contribution in [2.24, 2.45) is 10.9 Å². The topological polar surface area (TPSA) is 115 Å². The van der Waals surface area contributed by atoms with Crippen molar-refractivity contribution in [2.75, 3.05) is 24.5 Å². The smallest absolute Gasteiger partial charge is 0.326 e. The van der Waals surface area contributed by atoms with Gasteiger partial charge in [-0.1, -0.05) is 0 Å². The van der Waals surface area contributed by atoms with Gasteiger partial charge in [-0.3, -0.25) is 9.98 Å². The minimum Gasteiger partial charge on any atom is -0.493 e. The van der Waals surface area contributed by atoms with Gasteiger partial charge in [0.15, 0.2) is 11.1 Å². The lowest BCUT2D eigenvalue weighted by Crippen LogP contribution is -2.26. The van der Waals surface area contributed by atoms with Gasteiger partial charge >= 0.3 is 5.69 Å². The summed E-state index contributed by atoms with van der Waals surface area (Å²) in [5.74, 6) is 1.03. The van der Waals surface area contributed by atoms with Gasteiger partial charge in [-0.15, -0.1) is 0 Å². The Bertz CT molecular complexity index is 1210. The Morgan fingerprint density at radius 1 is 1.36 bits per heavy atom. The van der Waals surface area contributed by atoms with Crippen molar-refractivity contribution in [3.8, 4) is 5.88 Å². The molecular weight excluding hydrogens is 365 g/mol. The number of hydrogen-bond acceptors (Lipinski definition) is 6. The maximum atomic E-state index is 13.7. The molecule has 2 aliphatic rings. The summed E-state index contributed by atoms with van der Waals surface area (Å²) in [5.41, 5.74) is 0.949. The summed E-state index contributed by atoms with van der Waals surface area (Å²) in [6.45, 7) is 1.64. The standard InChI is InChI=1S/C18H20FN7O2/c19-12-3-4-25(9-12)15-6-14(20-7-10-1-2-10)26-16(23-15)11(8-21-26)5-13-17(27)24-18(28)22-13/h5-6,8,10,12,27H,1-4,7,9H2,(H2,22,24,28)/t12-/m1/s1. The lowest BCUT2D eigenvalue weighted by Gasteiger charge is -2.16. The van der Waals surface area contributed by atoms with Crippen molar-refractivity contribution in [1.29, 1.82) is 0 Å². The van der Waals surface area contributed by atoms with E-state index in [0.717, 1.165) is 6.54 Å². The fourth-order valence-electron chi connectivity index (χ4n) is 3.42. The number of halogens is 1. The summed E-state index contributed by atoms with van der Waals surface area (Å²) in [6, 6.07) is 1.85. The molecule has 0 radical (unpaired) electrons. The monoisotopic (exact) mass is 385 g/mol. The maximum absolute atomic E-state index is 13.7. The Balaban J connectivity index is 1.68. The summed E-state index contributed by atoms with van der Waals surface area (Å²) in [4.78, 5) is 27.5. The van der Waals surface area contributed by atoms with Crippen molar-refractivity contribution in [1.82, 2.24) is 24.6 Å². The molecule has 0 bridgehead atoms. The van der Waals surface area contributed by atoms with Gasteiger partial charge in [0.05, 0.1) is 12.7 Å². The summed E-state index contributed by atoms with van der Waals surface area (Å²) >= 11 is 0. The minimum absolute atomic E-state index is 0.244. The van der Waals surface area contributed by atoms with Gasteiger partial charge in [0.2, 0.25) is 5.88 Å². The Kier molecular flexibility index (Phi) is 3.92. The third kappa shape index (κ3) is 3.14. The molecule has 9 nitrogen and oxygen atoms in total. The van der Waals surface area contributed by atoms with Gasteiger partial charge in [-0.25, -0.2) is 14.2 Å². The van der Waals surface area contributed by atoms with Gasteiger partial charge in [-0.05, 0) is 31.3 Å². The lowest BCUT2D eigenvalue weighted by atomic mass is 10.3. The van der Waals surface area contributed by atoms with E-state index < -0.39 is 11.9 Å². The molecule has 28 heavy (non-hydrogen) atoms. The molecule has 3 aromatic heterocycles. The molecule has 0 amide bonds. The van der Waals surface area contributed by atoms with Crippen LogP contribution in [0, 0.1) is 5.92 Å². The highest BCUT2D eigenvalue weighted by Crippen LogP contribution is 2.28. The number of aromatic amines is 2. The molecule has 146 valence electrons. The Labute approximate surface area is 158 Å². The molecule has 0 aromatic carbocycles. The number of fused-ring (bicyclic) bond motifs is 1. The van der Waals surface area contributed by atoms with Crippen LogP contribution in [-0.4, -0.2) is 55.5 Å². The third-order valence-corrected chi connectivity index (χ3v) is 5.17. The summed E-state index contributed by atoms with van der Waals surface area (Å²) in [5, 5.41) is 14.8. The van der Waals surface area contributed by atoms with Crippen LogP contribution in [0.1, 0.15) is 25.0 Å². The van der Waals surface area contributed by atoms with E-state index >= 15 is 0 Å². The Morgan fingerprint density at radius 2 is 2.21 bits per heavy atom. The number of imidazole rings is 1. The molecule has 1 atom stereocenters. The van der Waals surface area contributed by atoms with Gasteiger partial charge in [0.25, 0.3) is 0 Å². The molecule has 0 spiro atoms. The van der Waals surface area contributed by atoms with Crippen LogP contribution < -0.4 is 21.3 Å². The zero-order valence-electron chi connectivity index (χ0n) is 15.1. The van der Waals surface area contributed by atoms with Crippen LogP contribution in [0.15, 0.2) is 22.1 Å². The van der Waals surface area contributed by atoms with Crippen molar-refractivity contribution in [3.63, 3.8) is 0 Å². The summed E-state index contributed by atoms with van der Waals surface area (Å²) in [7, 11) is 0. The zero-order valence-corrected chi connectivity index (χ0v) is 15.1. The van der Waals surface area contributed by atoms with E-state index in [0.29, 0.717) is 47.6 Å². The largest absolute Gasteiger partial charge is 0.493 e. The van der Waals surface area contributed by atoms with E-state index in [-0.39, 0.29) is 11.6 Å². The van der Waals surface area contributed by atoms with Crippen LogP contribution in [0.3, 0.4) is 0 Å². The third-order valence-electron chi connectivity index (χ3n) is 5.17. The van der Waals surface area contributed by atoms with Crippen molar-refractivity contribution in [2.45, 2.75) is 25.4 Å². The predicted octanol–water partition coefficient (Wildman–Crippen LogP) is -0.142. The van der Waals surface area contributed by atoms with E-state index in [1.54, 1.807) is 16.8 Å². The molecule has 3 aromatic rings. The van der Waals surface area contributed by atoms with Crippen LogP contribution in [0.4, 0.5) is 10.2 Å². The van der Waals surface area contributed by atoms with Gasteiger partial charge in [0.1, 0.15) is 17.7 Å². The van der Waals surface area contributed by atoms with Crippen molar-refractivity contribution >= 4 is 17.5 Å². The highest BCUT2D eigenvalue weighted by atomic mass is 19.1. The second kappa shape index (κ2) is 6.47. The lowest BCUT2D eigenvalue weighted by molar-refractivity contribution is 0.364. The first kappa shape index (κ1) is 17.0. The van der Waals surface area contributed by atoms with E-state index in [9.17, 15) is 14.3 Å². The molecule has 0 unspecified atom stereocenters. The number of anilines is 1. The van der Waals surface area contributed by atoms with E-state index in [1.807, 2.05) is 11.0 Å². The Hall–Kier alpha value is -3.17. The highest BCUT2D eigenvalue weighted by Gasteiger charge is 2.24. The molecule has 3 N–H and O–H groups in total. The number of rotatable bonds is 4. The van der Waals surface area contributed by atoms with Crippen LogP contribution in [0.5, 0.6) is 5.88 Å². The molecule has 10 heteroatoms. The number of aromatic hydroxyl groups is 1. The second-order valence-electron chi connectivity index (χ2n) is 7.41. The number of H-pyrrole nitrogens is 2.